The Morgan fingerprint density at radius 1 is 1.04 bits per heavy atom. The van der Waals surface area contributed by atoms with Crippen molar-refractivity contribution in [2.45, 2.75) is 25.2 Å². The maximum Gasteiger partial charge on any atom is 0.0730 e. The second-order valence-corrected chi connectivity index (χ2v) is 7.29. The molecule has 1 aliphatic heterocycles. The van der Waals surface area contributed by atoms with Crippen LogP contribution in [-0.4, -0.2) is 31.2 Å². The van der Waals surface area contributed by atoms with Gasteiger partial charge in [0.15, 0.2) is 0 Å². The van der Waals surface area contributed by atoms with Crippen molar-refractivity contribution < 1.29 is 0 Å². The number of anilines is 1. The van der Waals surface area contributed by atoms with E-state index in [4.69, 9.17) is 10.7 Å². The molecule has 0 unspecified atom stereocenters. The molecule has 1 aliphatic rings. The summed E-state index contributed by atoms with van der Waals surface area (Å²) in [6.07, 6.45) is 3.41. The van der Waals surface area contributed by atoms with Crippen LogP contribution in [0.15, 0.2) is 54.6 Å². The number of aromatic nitrogens is 1. The molecule has 1 fully saturated rings. The Balaban J connectivity index is 1.64. The van der Waals surface area contributed by atoms with Gasteiger partial charge in [0, 0.05) is 23.2 Å². The third-order valence-electron chi connectivity index (χ3n) is 5.43. The van der Waals surface area contributed by atoms with Crippen LogP contribution in [0.3, 0.4) is 0 Å². The van der Waals surface area contributed by atoms with Crippen molar-refractivity contribution in [3.63, 3.8) is 0 Å². The number of fused-ring (bicyclic) bond motifs is 1. The molecular formula is C23H28N4. The van der Waals surface area contributed by atoms with Crippen LogP contribution in [0.5, 0.6) is 0 Å². The van der Waals surface area contributed by atoms with E-state index in [0.29, 0.717) is 12.5 Å². The second kappa shape index (κ2) is 8.51. The molecule has 2 aromatic carbocycles. The molecule has 140 valence electrons. The number of nitrogens with one attached hydrogen (secondary N) is 2. The molecule has 1 aromatic heterocycles. The van der Waals surface area contributed by atoms with Gasteiger partial charge >= 0.3 is 0 Å². The third-order valence-corrected chi connectivity index (χ3v) is 5.43. The molecule has 0 bridgehead atoms. The summed E-state index contributed by atoms with van der Waals surface area (Å²) in [6.45, 7) is 3.81. The van der Waals surface area contributed by atoms with Crippen molar-refractivity contribution in [1.82, 2.24) is 10.3 Å². The highest BCUT2D eigenvalue weighted by Crippen LogP contribution is 2.30. The number of benzene rings is 2. The maximum atomic E-state index is 5.65. The summed E-state index contributed by atoms with van der Waals surface area (Å²) in [5.41, 5.74) is 11.4. The van der Waals surface area contributed by atoms with Crippen LogP contribution in [0.4, 0.5) is 5.69 Å². The molecule has 0 amide bonds. The van der Waals surface area contributed by atoms with Crippen molar-refractivity contribution in [3.8, 4) is 11.3 Å². The predicted molar refractivity (Wildman–Crippen MR) is 114 cm³/mol. The van der Waals surface area contributed by atoms with Gasteiger partial charge in [-0.15, -0.1) is 0 Å². The average Bonchev–Trinajstić information content (AvgIpc) is 2.74. The van der Waals surface area contributed by atoms with Gasteiger partial charge in [-0.2, -0.15) is 0 Å². The number of hydrogen-bond acceptors (Lipinski definition) is 4. The Morgan fingerprint density at radius 2 is 1.81 bits per heavy atom. The first-order chi connectivity index (χ1) is 13.3. The fraction of sp³-hybridized carbons (Fsp3) is 0.348. The van der Waals surface area contributed by atoms with Gasteiger partial charge < -0.3 is 16.4 Å². The topological polar surface area (TPSA) is 63.0 Å². The molecule has 1 saturated heterocycles. The molecular weight excluding hydrogens is 332 g/mol. The minimum atomic E-state index is 0.679. The zero-order valence-corrected chi connectivity index (χ0v) is 15.7. The van der Waals surface area contributed by atoms with Crippen molar-refractivity contribution in [2.75, 3.05) is 31.5 Å². The third kappa shape index (κ3) is 4.12. The van der Waals surface area contributed by atoms with Crippen LogP contribution < -0.4 is 16.4 Å². The minimum absolute atomic E-state index is 0.679. The van der Waals surface area contributed by atoms with Gasteiger partial charge in [0.1, 0.15) is 0 Å². The Morgan fingerprint density at radius 3 is 2.59 bits per heavy atom. The first-order valence-electron chi connectivity index (χ1n) is 10.00. The molecule has 0 atom stereocenters. The molecule has 0 aliphatic carbocycles. The highest BCUT2D eigenvalue weighted by atomic mass is 14.9. The van der Waals surface area contributed by atoms with Gasteiger partial charge in [0.2, 0.25) is 0 Å². The lowest BCUT2D eigenvalue weighted by Crippen LogP contribution is -2.26. The summed E-state index contributed by atoms with van der Waals surface area (Å²) in [5.74, 6) is 0.679. The summed E-state index contributed by atoms with van der Waals surface area (Å²) >= 11 is 0. The van der Waals surface area contributed by atoms with Gasteiger partial charge in [0.25, 0.3) is 0 Å². The molecule has 4 nitrogen and oxygen atoms in total. The van der Waals surface area contributed by atoms with Gasteiger partial charge in [-0.3, -0.25) is 0 Å². The maximum absolute atomic E-state index is 5.65. The molecule has 4 N–H and O–H groups in total. The number of para-hydroxylation sites is 1. The monoisotopic (exact) mass is 360 g/mol. The number of rotatable bonds is 6. The Bertz CT molecular complexity index is 883. The minimum Gasteiger partial charge on any atom is -0.384 e. The van der Waals surface area contributed by atoms with E-state index in [9.17, 15) is 0 Å². The second-order valence-electron chi connectivity index (χ2n) is 7.29. The first-order valence-corrected chi connectivity index (χ1v) is 10.00. The highest BCUT2D eigenvalue weighted by molar-refractivity contribution is 5.93. The zero-order chi connectivity index (χ0) is 18.5. The van der Waals surface area contributed by atoms with Crippen LogP contribution >= 0.6 is 0 Å². The van der Waals surface area contributed by atoms with Gasteiger partial charge in [-0.05, 0) is 62.5 Å². The van der Waals surface area contributed by atoms with E-state index in [-0.39, 0.29) is 0 Å². The smallest absolute Gasteiger partial charge is 0.0730 e. The normalized spacial score (nSPS) is 15.1. The van der Waals surface area contributed by atoms with E-state index in [1.165, 1.54) is 24.0 Å². The van der Waals surface area contributed by atoms with E-state index in [1.807, 2.05) is 6.07 Å². The summed E-state index contributed by atoms with van der Waals surface area (Å²) in [7, 11) is 0. The first kappa shape index (κ1) is 18.0. The number of hydrogen-bond donors (Lipinski definition) is 3. The Hall–Kier alpha value is -2.43. The number of pyridine rings is 1. The molecule has 0 spiro atoms. The molecule has 3 aromatic rings. The van der Waals surface area contributed by atoms with Gasteiger partial charge in [0.05, 0.1) is 11.2 Å². The van der Waals surface area contributed by atoms with Crippen LogP contribution in [0.2, 0.25) is 0 Å². The Kier molecular flexibility index (Phi) is 5.66. The van der Waals surface area contributed by atoms with E-state index in [2.05, 4.69) is 59.2 Å². The highest BCUT2D eigenvalue weighted by Gasteiger charge is 2.15. The van der Waals surface area contributed by atoms with Crippen molar-refractivity contribution >= 4 is 16.6 Å². The summed E-state index contributed by atoms with van der Waals surface area (Å²) in [6, 6.07) is 19.5. The van der Waals surface area contributed by atoms with E-state index in [1.54, 1.807) is 0 Å². The molecule has 4 heteroatoms. The molecule has 0 saturated carbocycles. The van der Waals surface area contributed by atoms with Crippen molar-refractivity contribution in [3.05, 3.63) is 60.2 Å². The standard InChI is InChI=1S/C23H28N4/c24-12-3-13-26-23-16-22(27-21-5-2-1-4-20(21)23)19-8-6-17(7-9-19)18-10-14-25-15-11-18/h1-2,4-9,16,18,25H,3,10-15,24H2,(H,26,27). The van der Waals surface area contributed by atoms with Gasteiger partial charge in [-0.1, -0.05) is 42.5 Å². The van der Waals surface area contributed by atoms with E-state index >= 15 is 0 Å². The lowest BCUT2D eigenvalue weighted by Gasteiger charge is -2.23. The lowest BCUT2D eigenvalue weighted by atomic mass is 9.89. The molecule has 2 heterocycles. The summed E-state index contributed by atoms with van der Waals surface area (Å²) in [4.78, 5) is 4.90. The van der Waals surface area contributed by atoms with Crippen LogP contribution in [0.1, 0.15) is 30.7 Å². The SMILES string of the molecule is NCCCNc1cc(-c2ccc(C3CCNCC3)cc2)nc2ccccc12. The number of piperidine rings is 1. The molecule has 4 rings (SSSR count). The van der Waals surface area contributed by atoms with Crippen LogP contribution in [0.25, 0.3) is 22.2 Å². The fourth-order valence-electron chi connectivity index (χ4n) is 3.88. The molecule has 0 radical (unpaired) electrons. The predicted octanol–water partition coefficient (Wildman–Crippen LogP) is 4.13. The number of nitrogens with two attached hydrogens (primary N) is 1. The fourth-order valence-corrected chi connectivity index (χ4v) is 3.88. The van der Waals surface area contributed by atoms with Crippen molar-refractivity contribution in [1.29, 1.82) is 0 Å². The van der Waals surface area contributed by atoms with Gasteiger partial charge in [-0.25, -0.2) is 4.98 Å². The van der Waals surface area contributed by atoms with Crippen molar-refractivity contribution in [2.24, 2.45) is 5.73 Å². The lowest BCUT2D eigenvalue weighted by molar-refractivity contribution is 0.460. The molecule has 27 heavy (non-hydrogen) atoms. The Labute approximate surface area is 161 Å². The largest absolute Gasteiger partial charge is 0.384 e. The quantitative estimate of drug-likeness (QED) is 0.579. The summed E-state index contributed by atoms with van der Waals surface area (Å²) in [5, 5.41) is 8.13. The van der Waals surface area contributed by atoms with Crippen LogP contribution in [0, 0.1) is 0 Å². The summed E-state index contributed by atoms with van der Waals surface area (Å²) < 4.78 is 0. The van der Waals surface area contributed by atoms with Crippen LogP contribution in [-0.2, 0) is 0 Å². The zero-order valence-electron chi connectivity index (χ0n) is 15.7. The van der Waals surface area contributed by atoms with E-state index < -0.39 is 0 Å². The average molecular weight is 361 g/mol. The van der Waals surface area contributed by atoms with E-state index in [0.717, 1.165) is 48.3 Å². The number of nitrogens with zero attached hydrogens (tertiary/aromatic N) is 1.